The second kappa shape index (κ2) is 6.57. The number of likely N-dealkylation sites (N-methyl/N-ethyl adjacent to an activating group) is 1. The first kappa shape index (κ1) is 15.2. The maximum atomic E-state index is 12.0. The van der Waals surface area contributed by atoms with Gasteiger partial charge in [-0.15, -0.1) is 0 Å². The summed E-state index contributed by atoms with van der Waals surface area (Å²) < 4.78 is 5.52. The smallest absolute Gasteiger partial charge is 0.302 e. The largest absolute Gasteiger partial charge is 0.422 e. The molecule has 8 heteroatoms. The van der Waals surface area contributed by atoms with Crippen LogP contribution in [0.25, 0.3) is 10.9 Å². The Morgan fingerprint density at radius 1 is 1.61 bits per heavy atom. The molecule has 0 amide bonds. The van der Waals surface area contributed by atoms with Crippen molar-refractivity contribution in [3.63, 3.8) is 0 Å². The number of hydrogen-bond acceptors (Lipinski definition) is 7. The third kappa shape index (κ3) is 3.54. The molecule has 2 aromatic rings. The molecule has 120 valence electrons. The van der Waals surface area contributed by atoms with E-state index in [0.717, 1.165) is 19.5 Å². The highest BCUT2D eigenvalue weighted by Gasteiger charge is 2.17. The molecule has 2 aromatic heterocycles. The van der Waals surface area contributed by atoms with Crippen LogP contribution in [0.15, 0.2) is 40.2 Å². The zero-order chi connectivity index (χ0) is 16.2. The Morgan fingerprint density at radius 3 is 3.22 bits per heavy atom. The summed E-state index contributed by atoms with van der Waals surface area (Å²) in [5, 5.41) is 0.452. The minimum Gasteiger partial charge on any atom is -0.422 e. The fourth-order valence-electron chi connectivity index (χ4n) is 2.44. The van der Waals surface area contributed by atoms with Crippen molar-refractivity contribution in [2.24, 2.45) is 10.7 Å². The Hall–Kier alpha value is -2.74. The summed E-state index contributed by atoms with van der Waals surface area (Å²) in [6.07, 6.45) is 6.90. The van der Waals surface area contributed by atoms with E-state index in [1.165, 1.54) is 18.6 Å². The lowest BCUT2D eigenvalue weighted by molar-refractivity contribution is 0.409. The molecule has 23 heavy (non-hydrogen) atoms. The maximum absolute atomic E-state index is 12.0. The van der Waals surface area contributed by atoms with E-state index in [1.54, 1.807) is 12.3 Å². The lowest BCUT2D eigenvalue weighted by Gasteiger charge is -2.07. The van der Waals surface area contributed by atoms with Gasteiger partial charge >= 0.3 is 6.01 Å². The minimum atomic E-state index is -0.293. The van der Waals surface area contributed by atoms with E-state index < -0.39 is 0 Å². The van der Waals surface area contributed by atoms with Crippen LogP contribution in [0.1, 0.15) is 6.42 Å². The van der Waals surface area contributed by atoms with Gasteiger partial charge in [0.15, 0.2) is 5.76 Å². The standard InChI is InChI=1S/C15H18N6O2/c1-21-5-3-10(9-21)18-7-11(6-16)23-15-19-13-8-17-4-2-12(13)14(22)20-15/h2,4,6-8,10H,3,5,9,16H2,1H3,(H,19,20,22). The summed E-state index contributed by atoms with van der Waals surface area (Å²) in [5.41, 5.74) is 5.72. The van der Waals surface area contributed by atoms with Gasteiger partial charge in [0, 0.05) is 18.9 Å². The maximum Gasteiger partial charge on any atom is 0.302 e. The Morgan fingerprint density at radius 2 is 2.48 bits per heavy atom. The van der Waals surface area contributed by atoms with Crippen molar-refractivity contribution in [1.82, 2.24) is 19.9 Å². The monoisotopic (exact) mass is 314 g/mol. The number of nitrogens with one attached hydrogen (secondary N) is 1. The van der Waals surface area contributed by atoms with Crippen molar-refractivity contribution in [3.05, 3.63) is 40.8 Å². The summed E-state index contributed by atoms with van der Waals surface area (Å²) in [6, 6.07) is 1.89. The molecule has 1 aliphatic rings. The molecule has 8 nitrogen and oxygen atoms in total. The molecular weight excluding hydrogens is 296 g/mol. The fourth-order valence-corrected chi connectivity index (χ4v) is 2.44. The second-order valence-corrected chi connectivity index (χ2v) is 5.42. The fraction of sp³-hybridized carbons (Fsp3) is 0.333. The van der Waals surface area contributed by atoms with Crippen LogP contribution in [0, 0.1) is 0 Å². The molecule has 1 aliphatic heterocycles. The molecule has 3 N–H and O–H groups in total. The van der Waals surface area contributed by atoms with Gasteiger partial charge in [-0.2, -0.15) is 4.98 Å². The number of nitrogens with two attached hydrogens (primary N) is 1. The average molecular weight is 314 g/mol. The van der Waals surface area contributed by atoms with Crippen LogP contribution >= 0.6 is 0 Å². The third-order valence-corrected chi connectivity index (χ3v) is 3.64. The SMILES string of the molecule is CN1CCC(N=CC(=CN)Oc2nc3cnccc3c(=O)[nH]2)C1. The van der Waals surface area contributed by atoms with Gasteiger partial charge in [-0.3, -0.25) is 19.8 Å². The van der Waals surface area contributed by atoms with E-state index in [2.05, 4.69) is 31.9 Å². The van der Waals surface area contributed by atoms with E-state index in [0.29, 0.717) is 16.7 Å². The molecule has 1 atom stereocenters. The van der Waals surface area contributed by atoms with Gasteiger partial charge in [0.05, 0.1) is 29.4 Å². The number of H-pyrrole nitrogens is 1. The van der Waals surface area contributed by atoms with Gasteiger partial charge in [-0.05, 0) is 26.1 Å². The zero-order valence-corrected chi connectivity index (χ0v) is 12.8. The number of aliphatic imine (C=N–C) groups is 1. The number of rotatable bonds is 4. The van der Waals surface area contributed by atoms with E-state index in [9.17, 15) is 4.79 Å². The third-order valence-electron chi connectivity index (χ3n) is 3.64. The summed E-state index contributed by atoms with van der Waals surface area (Å²) >= 11 is 0. The van der Waals surface area contributed by atoms with E-state index in [4.69, 9.17) is 10.5 Å². The Kier molecular flexibility index (Phi) is 4.33. The molecule has 0 spiro atoms. The number of pyridine rings is 1. The molecule has 1 unspecified atom stereocenters. The first-order valence-electron chi connectivity index (χ1n) is 7.31. The van der Waals surface area contributed by atoms with Crippen molar-refractivity contribution in [1.29, 1.82) is 0 Å². The van der Waals surface area contributed by atoms with Gasteiger partial charge in [-0.25, -0.2) is 0 Å². The van der Waals surface area contributed by atoms with Crippen LogP contribution < -0.4 is 16.0 Å². The Labute approximate surface area is 132 Å². The molecule has 0 aliphatic carbocycles. The molecule has 1 saturated heterocycles. The molecule has 0 bridgehead atoms. The molecule has 0 saturated carbocycles. The molecular formula is C15H18N6O2. The zero-order valence-electron chi connectivity index (χ0n) is 12.8. The quantitative estimate of drug-likeness (QED) is 0.619. The Balaban J connectivity index is 1.77. The van der Waals surface area contributed by atoms with E-state index in [-0.39, 0.29) is 17.6 Å². The summed E-state index contributed by atoms with van der Waals surface area (Å²) in [7, 11) is 2.06. The summed E-state index contributed by atoms with van der Waals surface area (Å²) in [5.74, 6) is 0.325. The van der Waals surface area contributed by atoms with Crippen molar-refractivity contribution >= 4 is 17.1 Å². The first-order chi connectivity index (χ1) is 11.2. The van der Waals surface area contributed by atoms with Crippen LogP contribution in [0.2, 0.25) is 0 Å². The number of hydrogen-bond donors (Lipinski definition) is 2. The normalized spacial score (nSPS) is 19.7. The predicted molar refractivity (Wildman–Crippen MR) is 87.5 cm³/mol. The topological polar surface area (TPSA) is 109 Å². The van der Waals surface area contributed by atoms with Crippen LogP contribution in [-0.4, -0.2) is 52.2 Å². The number of nitrogens with zero attached hydrogens (tertiary/aromatic N) is 4. The predicted octanol–water partition coefficient (Wildman–Crippen LogP) is 0.272. The van der Waals surface area contributed by atoms with Gasteiger partial charge in [0.2, 0.25) is 0 Å². The van der Waals surface area contributed by atoms with Crippen LogP contribution in [0.3, 0.4) is 0 Å². The van der Waals surface area contributed by atoms with Crippen molar-refractivity contribution in [2.75, 3.05) is 20.1 Å². The van der Waals surface area contributed by atoms with Gasteiger partial charge < -0.3 is 15.4 Å². The molecule has 0 aromatic carbocycles. The summed E-state index contributed by atoms with van der Waals surface area (Å²) in [6.45, 7) is 1.93. The van der Waals surface area contributed by atoms with Gasteiger partial charge in [0.1, 0.15) is 0 Å². The second-order valence-electron chi connectivity index (χ2n) is 5.42. The highest BCUT2D eigenvalue weighted by Crippen LogP contribution is 2.12. The lowest BCUT2D eigenvalue weighted by Crippen LogP contribution is -2.16. The van der Waals surface area contributed by atoms with Crippen LogP contribution in [0.5, 0.6) is 6.01 Å². The van der Waals surface area contributed by atoms with Crippen LogP contribution in [-0.2, 0) is 0 Å². The van der Waals surface area contributed by atoms with Gasteiger partial charge in [0.25, 0.3) is 5.56 Å². The van der Waals surface area contributed by atoms with Crippen molar-refractivity contribution in [3.8, 4) is 6.01 Å². The van der Waals surface area contributed by atoms with Crippen molar-refractivity contribution < 1.29 is 4.74 Å². The lowest BCUT2D eigenvalue weighted by atomic mass is 10.3. The highest BCUT2D eigenvalue weighted by molar-refractivity contribution is 5.78. The number of aromatic amines is 1. The van der Waals surface area contributed by atoms with Crippen molar-refractivity contribution in [2.45, 2.75) is 12.5 Å². The molecule has 3 rings (SSSR count). The molecule has 3 heterocycles. The minimum absolute atomic E-state index is 0.0576. The molecule has 1 fully saturated rings. The van der Waals surface area contributed by atoms with E-state index >= 15 is 0 Å². The number of likely N-dealkylation sites (tertiary alicyclic amines) is 1. The van der Waals surface area contributed by atoms with Crippen LogP contribution in [0.4, 0.5) is 0 Å². The highest BCUT2D eigenvalue weighted by atomic mass is 16.5. The van der Waals surface area contributed by atoms with Gasteiger partial charge in [-0.1, -0.05) is 0 Å². The Bertz CT molecular complexity index is 813. The number of ether oxygens (including phenoxy) is 1. The van der Waals surface area contributed by atoms with E-state index in [1.807, 2.05) is 0 Å². The number of allylic oxidation sites excluding steroid dienone is 1. The summed E-state index contributed by atoms with van der Waals surface area (Å²) in [4.78, 5) is 29.4. The first-order valence-corrected chi connectivity index (χ1v) is 7.31. The molecule has 0 radical (unpaired) electrons. The average Bonchev–Trinajstić information content (AvgIpc) is 2.97. The number of fused-ring (bicyclic) bond motifs is 1. The number of aromatic nitrogens is 3.